The van der Waals surface area contributed by atoms with Crippen LogP contribution in [0.15, 0.2) is 42.6 Å². The van der Waals surface area contributed by atoms with Crippen molar-refractivity contribution < 1.29 is 19.4 Å². The van der Waals surface area contributed by atoms with Gasteiger partial charge in [0.25, 0.3) is 5.91 Å². The number of amides is 1. The van der Waals surface area contributed by atoms with Gasteiger partial charge in [-0.25, -0.2) is 0 Å². The Kier molecular flexibility index (Phi) is 5.74. The zero-order chi connectivity index (χ0) is 19.3. The van der Waals surface area contributed by atoms with Crippen LogP contribution in [-0.4, -0.2) is 35.6 Å². The van der Waals surface area contributed by atoms with E-state index in [4.69, 9.17) is 4.74 Å². The Labute approximate surface area is 158 Å². The molecule has 6 nitrogen and oxygen atoms in total. The quantitative estimate of drug-likeness (QED) is 0.814. The first kappa shape index (κ1) is 18.9. The Hall–Kier alpha value is -2.89. The van der Waals surface area contributed by atoms with Crippen molar-refractivity contribution in [2.75, 3.05) is 13.7 Å². The maximum absolute atomic E-state index is 12.7. The second kappa shape index (κ2) is 8.20. The van der Waals surface area contributed by atoms with Crippen LogP contribution in [0, 0.1) is 5.41 Å². The highest BCUT2D eigenvalue weighted by Gasteiger charge is 2.39. The molecule has 1 aromatic carbocycles. The third-order valence-corrected chi connectivity index (χ3v) is 5.25. The zero-order valence-corrected chi connectivity index (χ0v) is 15.4. The van der Waals surface area contributed by atoms with Gasteiger partial charge in [-0.3, -0.25) is 14.6 Å². The molecule has 27 heavy (non-hydrogen) atoms. The highest BCUT2D eigenvalue weighted by Crippen LogP contribution is 2.36. The molecule has 1 amide bonds. The fourth-order valence-electron chi connectivity index (χ4n) is 3.62. The molecule has 1 saturated carbocycles. The number of hydrogen-bond acceptors (Lipinski definition) is 4. The van der Waals surface area contributed by atoms with Crippen molar-refractivity contribution in [3.8, 4) is 17.0 Å². The van der Waals surface area contributed by atoms with E-state index in [2.05, 4.69) is 10.3 Å². The summed E-state index contributed by atoms with van der Waals surface area (Å²) in [5, 5.41) is 12.5. The minimum absolute atomic E-state index is 0.145. The van der Waals surface area contributed by atoms with Crippen molar-refractivity contribution in [1.82, 2.24) is 10.3 Å². The Balaban J connectivity index is 1.80. The molecule has 0 unspecified atom stereocenters. The first-order valence-corrected chi connectivity index (χ1v) is 9.17. The second-order valence-electron chi connectivity index (χ2n) is 6.96. The number of rotatable bonds is 6. The van der Waals surface area contributed by atoms with Gasteiger partial charge in [-0.2, -0.15) is 0 Å². The molecule has 0 bridgehead atoms. The molecular formula is C21H24N2O4. The largest absolute Gasteiger partial charge is 0.496 e. The maximum atomic E-state index is 12.7. The Morgan fingerprint density at radius 1 is 1.19 bits per heavy atom. The summed E-state index contributed by atoms with van der Waals surface area (Å²) in [6, 6.07) is 10.7. The van der Waals surface area contributed by atoms with Crippen molar-refractivity contribution in [3.05, 3.63) is 48.2 Å². The molecule has 1 heterocycles. The fraction of sp³-hybridized carbons (Fsp3) is 0.381. The van der Waals surface area contributed by atoms with Gasteiger partial charge in [-0.1, -0.05) is 25.3 Å². The third kappa shape index (κ3) is 4.10. The summed E-state index contributed by atoms with van der Waals surface area (Å²) in [5.41, 5.74) is 1.02. The lowest BCUT2D eigenvalue weighted by atomic mass is 9.74. The molecule has 0 aliphatic heterocycles. The predicted molar refractivity (Wildman–Crippen MR) is 102 cm³/mol. The fourth-order valence-corrected chi connectivity index (χ4v) is 3.62. The summed E-state index contributed by atoms with van der Waals surface area (Å²) in [4.78, 5) is 28.8. The number of carboxylic acids is 1. The number of aromatic nitrogens is 1. The van der Waals surface area contributed by atoms with Gasteiger partial charge < -0.3 is 15.2 Å². The smallest absolute Gasteiger partial charge is 0.311 e. The number of hydrogen-bond donors (Lipinski definition) is 2. The van der Waals surface area contributed by atoms with Gasteiger partial charge in [0.05, 0.1) is 18.2 Å². The summed E-state index contributed by atoms with van der Waals surface area (Å²) in [5.74, 6) is -0.494. The Morgan fingerprint density at radius 2 is 1.96 bits per heavy atom. The van der Waals surface area contributed by atoms with Gasteiger partial charge in [-0.15, -0.1) is 0 Å². The summed E-state index contributed by atoms with van der Waals surface area (Å²) in [6.07, 6.45) is 5.70. The average Bonchev–Trinajstić information content (AvgIpc) is 2.72. The van der Waals surface area contributed by atoms with Crippen LogP contribution in [0.25, 0.3) is 11.3 Å². The van der Waals surface area contributed by atoms with Crippen LogP contribution in [0.1, 0.15) is 42.5 Å². The van der Waals surface area contributed by atoms with E-state index in [0.717, 1.165) is 24.8 Å². The van der Waals surface area contributed by atoms with Gasteiger partial charge in [0.2, 0.25) is 0 Å². The van der Waals surface area contributed by atoms with Gasteiger partial charge in [0.1, 0.15) is 5.75 Å². The first-order valence-electron chi connectivity index (χ1n) is 9.17. The number of nitrogens with zero attached hydrogens (tertiary/aromatic N) is 1. The van der Waals surface area contributed by atoms with Crippen molar-refractivity contribution in [2.45, 2.75) is 32.1 Å². The number of carboxylic acid groups (broad SMARTS) is 1. The van der Waals surface area contributed by atoms with Crippen LogP contribution in [0.3, 0.4) is 0 Å². The lowest BCUT2D eigenvalue weighted by Crippen LogP contribution is -2.44. The summed E-state index contributed by atoms with van der Waals surface area (Å²) < 4.78 is 5.39. The molecule has 2 aromatic rings. The van der Waals surface area contributed by atoms with Crippen molar-refractivity contribution in [2.24, 2.45) is 5.41 Å². The molecule has 1 fully saturated rings. The zero-order valence-electron chi connectivity index (χ0n) is 15.4. The first-order chi connectivity index (χ1) is 13.1. The molecule has 6 heteroatoms. The van der Waals surface area contributed by atoms with Crippen LogP contribution in [0.2, 0.25) is 0 Å². The number of nitrogens with one attached hydrogen (secondary N) is 1. The molecule has 1 aliphatic rings. The third-order valence-electron chi connectivity index (χ3n) is 5.25. The van der Waals surface area contributed by atoms with Crippen molar-refractivity contribution in [3.63, 3.8) is 0 Å². The molecule has 0 atom stereocenters. The normalized spacial score (nSPS) is 15.7. The van der Waals surface area contributed by atoms with Gasteiger partial charge in [-0.05, 0) is 43.2 Å². The number of carbonyl (C=O) groups excluding carboxylic acids is 1. The van der Waals surface area contributed by atoms with Crippen LogP contribution in [0.5, 0.6) is 5.75 Å². The molecule has 142 valence electrons. The van der Waals surface area contributed by atoms with E-state index in [1.165, 1.54) is 0 Å². The summed E-state index contributed by atoms with van der Waals surface area (Å²) >= 11 is 0. The highest BCUT2D eigenvalue weighted by atomic mass is 16.5. The number of methoxy groups -OCH3 is 1. The summed E-state index contributed by atoms with van der Waals surface area (Å²) in [7, 11) is 1.57. The van der Waals surface area contributed by atoms with E-state index < -0.39 is 11.4 Å². The molecule has 2 N–H and O–H groups in total. The maximum Gasteiger partial charge on any atom is 0.311 e. The van der Waals surface area contributed by atoms with E-state index in [0.29, 0.717) is 29.8 Å². The minimum atomic E-state index is -0.857. The molecule has 0 spiro atoms. The van der Waals surface area contributed by atoms with Gasteiger partial charge >= 0.3 is 5.97 Å². The van der Waals surface area contributed by atoms with E-state index in [9.17, 15) is 14.7 Å². The van der Waals surface area contributed by atoms with E-state index in [-0.39, 0.29) is 12.5 Å². The van der Waals surface area contributed by atoms with Gasteiger partial charge in [0.15, 0.2) is 0 Å². The van der Waals surface area contributed by atoms with Crippen LogP contribution >= 0.6 is 0 Å². The summed E-state index contributed by atoms with van der Waals surface area (Å²) in [6.45, 7) is 0.145. The molecule has 1 aromatic heterocycles. The predicted octanol–water partition coefficient (Wildman–Crippen LogP) is 3.52. The minimum Gasteiger partial charge on any atom is -0.496 e. The van der Waals surface area contributed by atoms with Crippen LogP contribution in [-0.2, 0) is 4.79 Å². The molecular weight excluding hydrogens is 344 g/mol. The topological polar surface area (TPSA) is 88.5 Å². The number of benzene rings is 1. The van der Waals surface area contributed by atoms with E-state index >= 15 is 0 Å². The average molecular weight is 368 g/mol. The Bertz CT molecular complexity index is 814. The Morgan fingerprint density at radius 3 is 2.59 bits per heavy atom. The van der Waals surface area contributed by atoms with Crippen LogP contribution in [0.4, 0.5) is 0 Å². The standard InChI is InChI=1S/C21H24N2O4/c1-27-18-9-8-15(13-16(18)17-7-3-6-12-22-17)19(24)23-14-21(20(25)26)10-4-2-5-11-21/h3,6-9,12-13H,2,4-5,10-11,14H2,1H3,(H,23,24)(H,25,26). The van der Waals surface area contributed by atoms with Crippen LogP contribution < -0.4 is 10.1 Å². The van der Waals surface area contributed by atoms with E-state index in [1.54, 1.807) is 31.5 Å². The number of pyridine rings is 1. The molecule has 0 radical (unpaired) electrons. The van der Waals surface area contributed by atoms with Gasteiger partial charge in [0, 0.05) is 23.9 Å². The number of ether oxygens (including phenoxy) is 1. The lowest BCUT2D eigenvalue weighted by molar-refractivity contribution is -0.150. The second-order valence-corrected chi connectivity index (χ2v) is 6.96. The lowest BCUT2D eigenvalue weighted by Gasteiger charge is -2.33. The van der Waals surface area contributed by atoms with Crippen molar-refractivity contribution in [1.29, 1.82) is 0 Å². The monoisotopic (exact) mass is 368 g/mol. The van der Waals surface area contributed by atoms with E-state index in [1.807, 2.05) is 18.2 Å². The molecule has 3 rings (SSSR count). The molecule has 0 saturated heterocycles. The number of aliphatic carboxylic acids is 1. The highest BCUT2D eigenvalue weighted by molar-refractivity contribution is 5.96. The SMILES string of the molecule is COc1ccc(C(=O)NCC2(C(=O)O)CCCCC2)cc1-c1ccccn1. The molecule has 1 aliphatic carbocycles. The van der Waals surface area contributed by atoms with Crippen molar-refractivity contribution >= 4 is 11.9 Å². The number of carbonyl (C=O) groups is 2.